The van der Waals surface area contributed by atoms with E-state index in [0.717, 1.165) is 31.0 Å². The lowest BCUT2D eigenvalue weighted by molar-refractivity contribution is 0.319. The quantitative estimate of drug-likeness (QED) is 0.879. The van der Waals surface area contributed by atoms with Crippen molar-refractivity contribution in [3.63, 3.8) is 0 Å². The maximum absolute atomic E-state index is 3.59. The Morgan fingerprint density at radius 1 is 1.17 bits per heavy atom. The van der Waals surface area contributed by atoms with Crippen LogP contribution >= 0.6 is 11.3 Å². The van der Waals surface area contributed by atoms with E-state index in [-0.39, 0.29) is 0 Å². The van der Waals surface area contributed by atoms with Gasteiger partial charge in [0.1, 0.15) is 0 Å². The minimum Gasteiger partial charge on any atom is -0.309 e. The molecule has 2 unspecified atom stereocenters. The maximum atomic E-state index is 3.59. The molecule has 1 saturated carbocycles. The van der Waals surface area contributed by atoms with E-state index in [1.165, 1.54) is 35.7 Å². The Morgan fingerprint density at radius 3 is 2.50 bits per heavy atom. The van der Waals surface area contributed by atoms with Crippen LogP contribution in [0.1, 0.15) is 36.4 Å². The van der Waals surface area contributed by atoms with Gasteiger partial charge in [-0.2, -0.15) is 0 Å². The highest BCUT2D eigenvalue weighted by Gasteiger charge is 2.26. The molecule has 2 heterocycles. The normalized spacial score (nSPS) is 29.0. The third-order valence-corrected chi connectivity index (χ3v) is 5.37. The monoisotopic (exact) mass is 264 g/mol. The fourth-order valence-corrected chi connectivity index (χ4v) is 3.74. The highest BCUT2D eigenvalue weighted by molar-refractivity contribution is 7.11. The summed E-state index contributed by atoms with van der Waals surface area (Å²) in [5.41, 5.74) is 0. The number of hydrogen-bond donors (Lipinski definition) is 1. The van der Waals surface area contributed by atoms with Crippen molar-refractivity contribution >= 4 is 11.3 Å². The molecule has 2 nitrogen and oxygen atoms in total. The lowest BCUT2D eigenvalue weighted by Gasteiger charge is -2.13. The molecule has 100 valence electrons. The van der Waals surface area contributed by atoms with Crippen LogP contribution in [0, 0.1) is 11.8 Å². The second kappa shape index (κ2) is 5.32. The van der Waals surface area contributed by atoms with Crippen molar-refractivity contribution < 1.29 is 0 Å². The number of nitrogens with one attached hydrogen (secondary N) is 1. The fourth-order valence-electron chi connectivity index (χ4n) is 2.73. The average molecular weight is 264 g/mol. The summed E-state index contributed by atoms with van der Waals surface area (Å²) in [7, 11) is 0. The summed E-state index contributed by atoms with van der Waals surface area (Å²) in [5, 5.41) is 3.59. The molecule has 18 heavy (non-hydrogen) atoms. The first kappa shape index (κ1) is 12.6. The van der Waals surface area contributed by atoms with Crippen molar-refractivity contribution in [2.24, 2.45) is 11.8 Å². The predicted molar refractivity (Wildman–Crippen MR) is 77.8 cm³/mol. The Balaban J connectivity index is 1.50. The number of rotatable bonds is 5. The van der Waals surface area contributed by atoms with E-state index in [4.69, 9.17) is 0 Å². The van der Waals surface area contributed by atoms with E-state index in [0.29, 0.717) is 0 Å². The smallest absolute Gasteiger partial charge is 0.0328 e. The Labute approximate surface area is 114 Å². The molecule has 1 saturated heterocycles. The number of thiophene rings is 1. The highest BCUT2D eigenvalue weighted by atomic mass is 32.1. The summed E-state index contributed by atoms with van der Waals surface area (Å²) in [4.78, 5) is 5.64. The van der Waals surface area contributed by atoms with E-state index in [1.54, 1.807) is 0 Å². The topological polar surface area (TPSA) is 15.3 Å². The van der Waals surface area contributed by atoms with Gasteiger partial charge >= 0.3 is 0 Å². The van der Waals surface area contributed by atoms with Gasteiger partial charge in [-0.25, -0.2) is 0 Å². The van der Waals surface area contributed by atoms with E-state index < -0.39 is 0 Å². The lowest BCUT2D eigenvalue weighted by atomic mass is 10.0. The molecule has 0 spiro atoms. The zero-order valence-electron chi connectivity index (χ0n) is 11.5. The van der Waals surface area contributed by atoms with Gasteiger partial charge in [0.15, 0.2) is 0 Å². The minimum atomic E-state index is 0.816. The fraction of sp³-hybridized carbons (Fsp3) is 0.733. The van der Waals surface area contributed by atoms with Gasteiger partial charge in [-0.05, 0) is 36.8 Å². The van der Waals surface area contributed by atoms with Crippen molar-refractivity contribution in [3.8, 4) is 0 Å². The van der Waals surface area contributed by atoms with E-state index in [2.05, 4.69) is 36.2 Å². The molecule has 1 aliphatic heterocycles. The zero-order valence-corrected chi connectivity index (χ0v) is 12.3. The molecule has 2 aliphatic rings. The predicted octanol–water partition coefficient (Wildman–Crippen LogP) is 3.09. The lowest BCUT2D eigenvalue weighted by Crippen LogP contribution is -2.19. The maximum Gasteiger partial charge on any atom is 0.0328 e. The summed E-state index contributed by atoms with van der Waals surface area (Å²) < 4.78 is 0. The van der Waals surface area contributed by atoms with Gasteiger partial charge in [-0.15, -0.1) is 11.3 Å². The molecule has 3 heteroatoms. The molecule has 1 aromatic heterocycles. The van der Waals surface area contributed by atoms with E-state index in [1.807, 2.05) is 11.3 Å². The highest BCUT2D eigenvalue weighted by Crippen LogP contribution is 2.26. The van der Waals surface area contributed by atoms with Gasteiger partial charge in [0.05, 0.1) is 0 Å². The van der Waals surface area contributed by atoms with Gasteiger partial charge in [0, 0.05) is 42.0 Å². The van der Waals surface area contributed by atoms with Crippen molar-refractivity contribution in [1.29, 1.82) is 0 Å². The molecule has 1 aliphatic carbocycles. The van der Waals surface area contributed by atoms with Crippen LogP contribution in [-0.4, -0.2) is 24.0 Å². The first-order valence-electron chi connectivity index (χ1n) is 7.24. The standard InChI is InChI=1S/C15H24N2S/c1-11-8-17(9-12(11)2)10-15-6-5-14(18-15)7-16-13-3-4-13/h5-6,11-13,16H,3-4,7-10H2,1-2H3. The summed E-state index contributed by atoms with van der Waals surface area (Å²) in [6.45, 7) is 9.53. The van der Waals surface area contributed by atoms with Crippen molar-refractivity contribution in [2.75, 3.05) is 13.1 Å². The minimum absolute atomic E-state index is 0.816. The SMILES string of the molecule is CC1CN(Cc2ccc(CNC3CC3)s2)CC1C. The van der Waals surface area contributed by atoms with Crippen LogP contribution in [0.2, 0.25) is 0 Å². The molecule has 0 aromatic carbocycles. The van der Waals surface area contributed by atoms with Crippen LogP contribution in [0.25, 0.3) is 0 Å². The number of hydrogen-bond acceptors (Lipinski definition) is 3. The van der Waals surface area contributed by atoms with Crippen LogP contribution in [0.3, 0.4) is 0 Å². The summed E-state index contributed by atoms with van der Waals surface area (Å²) in [5.74, 6) is 1.72. The second-order valence-electron chi connectivity index (χ2n) is 6.17. The van der Waals surface area contributed by atoms with Crippen LogP contribution in [0.5, 0.6) is 0 Å². The summed E-state index contributed by atoms with van der Waals surface area (Å²) in [6.07, 6.45) is 2.75. The van der Waals surface area contributed by atoms with Gasteiger partial charge in [0.2, 0.25) is 0 Å². The van der Waals surface area contributed by atoms with Crippen molar-refractivity contribution in [2.45, 2.75) is 45.8 Å². The molecule has 2 atom stereocenters. The molecule has 1 N–H and O–H groups in total. The summed E-state index contributed by atoms with van der Waals surface area (Å²) in [6, 6.07) is 5.44. The van der Waals surface area contributed by atoms with E-state index in [9.17, 15) is 0 Å². The molecule has 2 fully saturated rings. The van der Waals surface area contributed by atoms with Crippen molar-refractivity contribution in [1.82, 2.24) is 10.2 Å². The van der Waals surface area contributed by atoms with Crippen LogP contribution in [0.15, 0.2) is 12.1 Å². The van der Waals surface area contributed by atoms with Crippen LogP contribution < -0.4 is 5.32 Å². The first-order valence-corrected chi connectivity index (χ1v) is 8.05. The third kappa shape index (κ3) is 3.14. The van der Waals surface area contributed by atoms with Crippen molar-refractivity contribution in [3.05, 3.63) is 21.9 Å². The number of likely N-dealkylation sites (tertiary alicyclic amines) is 1. The molecule has 0 bridgehead atoms. The van der Waals surface area contributed by atoms with Crippen LogP contribution in [0.4, 0.5) is 0 Å². The molecule has 1 aromatic rings. The van der Waals surface area contributed by atoms with Gasteiger partial charge in [-0.3, -0.25) is 4.90 Å². The van der Waals surface area contributed by atoms with Crippen LogP contribution in [-0.2, 0) is 13.1 Å². The molecule has 3 rings (SSSR count). The van der Waals surface area contributed by atoms with E-state index >= 15 is 0 Å². The molecular formula is C15H24N2S. The summed E-state index contributed by atoms with van der Waals surface area (Å²) >= 11 is 1.99. The average Bonchev–Trinajstić information content (AvgIpc) is 2.98. The molecule has 0 radical (unpaired) electrons. The Morgan fingerprint density at radius 2 is 1.83 bits per heavy atom. The Hall–Kier alpha value is -0.380. The molecule has 0 amide bonds. The first-order chi connectivity index (χ1) is 8.70. The van der Waals surface area contributed by atoms with Gasteiger partial charge in [0.25, 0.3) is 0 Å². The second-order valence-corrected chi connectivity index (χ2v) is 7.42. The largest absolute Gasteiger partial charge is 0.309 e. The molecular weight excluding hydrogens is 240 g/mol. The Bertz CT molecular complexity index is 387. The Kier molecular flexibility index (Phi) is 3.73. The zero-order chi connectivity index (χ0) is 12.5. The van der Waals surface area contributed by atoms with Gasteiger partial charge < -0.3 is 5.32 Å². The third-order valence-electron chi connectivity index (χ3n) is 4.30. The van der Waals surface area contributed by atoms with Gasteiger partial charge in [-0.1, -0.05) is 13.8 Å². The number of nitrogens with zero attached hydrogens (tertiary/aromatic N) is 1.